The third-order valence-electron chi connectivity index (χ3n) is 4.94. The van der Waals surface area contributed by atoms with Crippen LogP contribution in [0.4, 0.5) is 0 Å². The van der Waals surface area contributed by atoms with E-state index in [1.165, 1.54) is 84.0 Å². The molecule has 0 aromatic carbocycles. The maximum Gasteiger partial charge on any atom is 0.00682 e. The Hall–Kier alpha value is -0.0800. The maximum atomic E-state index is 3.61. The van der Waals surface area contributed by atoms with Crippen LogP contribution < -0.4 is 5.32 Å². The van der Waals surface area contributed by atoms with Crippen LogP contribution in [0.15, 0.2) is 0 Å². The van der Waals surface area contributed by atoms with Crippen molar-refractivity contribution in [2.75, 3.05) is 26.2 Å². The highest BCUT2D eigenvalue weighted by Crippen LogP contribution is 2.42. The zero-order valence-electron chi connectivity index (χ0n) is 11.2. The summed E-state index contributed by atoms with van der Waals surface area (Å²) in [7, 11) is 0. The fourth-order valence-electron chi connectivity index (χ4n) is 3.75. The van der Waals surface area contributed by atoms with Crippen LogP contribution in [0.3, 0.4) is 0 Å². The van der Waals surface area contributed by atoms with E-state index in [2.05, 4.69) is 10.2 Å². The molecular formula is C15H28N2. The standard InChI is InChI=1S/C15H28N2/c1-2-4-9-15(8-3-1)12-17(13-15)11-5-10-16-14-6-7-14/h14,16H,1-13H2. The van der Waals surface area contributed by atoms with Crippen LogP contribution in [0.5, 0.6) is 0 Å². The number of nitrogens with zero attached hydrogens (tertiary/aromatic N) is 1. The third kappa shape index (κ3) is 3.23. The molecule has 1 saturated heterocycles. The molecule has 2 saturated carbocycles. The molecule has 1 aliphatic heterocycles. The molecule has 2 aliphatic carbocycles. The van der Waals surface area contributed by atoms with Crippen LogP contribution in [0.1, 0.15) is 57.8 Å². The Morgan fingerprint density at radius 3 is 2.35 bits per heavy atom. The summed E-state index contributed by atoms with van der Waals surface area (Å²) in [5, 5.41) is 3.61. The molecule has 17 heavy (non-hydrogen) atoms. The molecule has 2 heteroatoms. The zero-order chi connectivity index (χ0) is 11.6. The smallest absolute Gasteiger partial charge is 0.00682 e. The maximum absolute atomic E-state index is 3.61. The molecular weight excluding hydrogens is 208 g/mol. The van der Waals surface area contributed by atoms with Gasteiger partial charge in [-0.05, 0) is 50.6 Å². The Balaban J connectivity index is 1.29. The first-order chi connectivity index (χ1) is 8.36. The number of rotatable bonds is 5. The van der Waals surface area contributed by atoms with Gasteiger partial charge in [-0.3, -0.25) is 0 Å². The van der Waals surface area contributed by atoms with Crippen LogP contribution in [0, 0.1) is 5.41 Å². The van der Waals surface area contributed by atoms with E-state index in [9.17, 15) is 0 Å². The molecule has 3 aliphatic rings. The van der Waals surface area contributed by atoms with Gasteiger partial charge in [-0.1, -0.05) is 25.7 Å². The minimum absolute atomic E-state index is 0.764. The Labute approximate surface area is 106 Å². The van der Waals surface area contributed by atoms with E-state index >= 15 is 0 Å². The predicted molar refractivity (Wildman–Crippen MR) is 72.2 cm³/mol. The molecule has 0 aromatic rings. The van der Waals surface area contributed by atoms with Gasteiger partial charge in [0, 0.05) is 19.1 Å². The van der Waals surface area contributed by atoms with Gasteiger partial charge in [0.2, 0.25) is 0 Å². The van der Waals surface area contributed by atoms with Crippen LogP contribution >= 0.6 is 0 Å². The molecule has 3 rings (SSSR count). The first-order valence-corrected chi connectivity index (χ1v) is 7.82. The van der Waals surface area contributed by atoms with E-state index < -0.39 is 0 Å². The molecule has 0 atom stereocenters. The van der Waals surface area contributed by atoms with E-state index in [4.69, 9.17) is 0 Å². The Morgan fingerprint density at radius 2 is 1.71 bits per heavy atom. The lowest BCUT2D eigenvalue weighted by Gasteiger charge is -2.50. The molecule has 1 N–H and O–H groups in total. The molecule has 1 heterocycles. The van der Waals surface area contributed by atoms with E-state index in [-0.39, 0.29) is 0 Å². The first-order valence-electron chi connectivity index (χ1n) is 7.82. The average molecular weight is 236 g/mol. The fourth-order valence-corrected chi connectivity index (χ4v) is 3.75. The number of nitrogens with one attached hydrogen (secondary N) is 1. The van der Waals surface area contributed by atoms with Gasteiger partial charge in [0.05, 0.1) is 0 Å². The predicted octanol–water partition coefficient (Wildman–Crippen LogP) is 2.78. The summed E-state index contributed by atoms with van der Waals surface area (Å²) >= 11 is 0. The third-order valence-corrected chi connectivity index (χ3v) is 4.94. The molecule has 2 nitrogen and oxygen atoms in total. The normalized spacial score (nSPS) is 28.9. The van der Waals surface area contributed by atoms with E-state index in [1.54, 1.807) is 0 Å². The fraction of sp³-hybridized carbons (Fsp3) is 1.00. The van der Waals surface area contributed by atoms with Crippen LogP contribution in [-0.2, 0) is 0 Å². The second-order valence-corrected chi connectivity index (χ2v) is 6.71. The second kappa shape index (κ2) is 5.27. The lowest BCUT2D eigenvalue weighted by molar-refractivity contribution is -0.0119. The molecule has 0 unspecified atom stereocenters. The molecule has 0 amide bonds. The van der Waals surface area contributed by atoms with Gasteiger partial charge in [0.25, 0.3) is 0 Å². The van der Waals surface area contributed by atoms with Gasteiger partial charge < -0.3 is 10.2 Å². The SMILES string of the molecule is C1CCCC2(CC1)CN(CCCNC1CC1)C2. The lowest BCUT2D eigenvalue weighted by atomic mass is 9.73. The van der Waals surface area contributed by atoms with Crippen molar-refractivity contribution in [1.29, 1.82) is 0 Å². The summed E-state index contributed by atoms with van der Waals surface area (Å²) in [4.78, 5) is 2.69. The number of hydrogen-bond donors (Lipinski definition) is 1. The number of hydrogen-bond acceptors (Lipinski definition) is 2. The summed E-state index contributed by atoms with van der Waals surface area (Å²) in [6.45, 7) is 5.41. The molecule has 0 bridgehead atoms. The first kappa shape index (κ1) is 12.0. The monoisotopic (exact) mass is 236 g/mol. The Morgan fingerprint density at radius 1 is 1.00 bits per heavy atom. The second-order valence-electron chi connectivity index (χ2n) is 6.71. The highest BCUT2D eigenvalue weighted by Gasteiger charge is 2.41. The van der Waals surface area contributed by atoms with Crippen molar-refractivity contribution >= 4 is 0 Å². The largest absolute Gasteiger partial charge is 0.314 e. The average Bonchev–Trinajstić information content (AvgIpc) is 3.09. The van der Waals surface area contributed by atoms with Crippen molar-refractivity contribution in [2.24, 2.45) is 5.41 Å². The van der Waals surface area contributed by atoms with Gasteiger partial charge in [-0.15, -0.1) is 0 Å². The van der Waals surface area contributed by atoms with Gasteiger partial charge >= 0.3 is 0 Å². The zero-order valence-corrected chi connectivity index (χ0v) is 11.2. The van der Waals surface area contributed by atoms with Gasteiger partial charge in [-0.25, -0.2) is 0 Å². The van der Waals surface area contributed by atoms with Crippen LogP contribution in [0.2, 0.25) is 0 Å². The molecule has 0 radical (unpaired) electrons. The van der Waals surface area contributed by atoms with Crippen molar-refractivity contribution in [3.05, 3.63) is 0 Å². The van der Waals surface area contributed by atoms with E-state index in [1.807, 2.05) is 0 Å². The van der Waals surface area contributed by atoms with Crippen LogP contribution in [0.25, 0.3) is 0 Å². The van der Waals surface area contributed by atoms with Crippen molar-refractivity contribution in [3.8, 4) is 0 Å². The lowest BCUT2D eigenvalue weighted by Crippen LogP contribution is -2.56. The Kier molecular flexibility index (Phi) is 3.72. The Bertz CT molecular complexity index is 231. The summed E-state index contributed by atoms with van der Waals surface area (Å²) < 4.78 is 0. The van der Waals surface area contributed by atoms with Crippen LogP contribution in [-0.4, -0.2) is 37.1 Å². The summed E-state index contributed by atoms with van der Waals surface area (Å²) in [6, 6.07) is 0.889. The van der Waals surface area contributed by atoms with Crippen molar-refractivity contribution in [2.45, 2.75) is 63.8 Å². The molecule has 0 aromatic heterocycles. The van der Waals surface area contributed by atoms with Crippen molar-refractivity contribution in [3.63, 3.8) is 0 Å². The molecule has 1 spiro atoms. The summed E-state index contributed by atoms with van der Waals surface area (Å²) in [5.74, 6) is 0. The van der Waals surface area contributed by atoms with Gasteiger partial charge in [0.1, 0.15) is 0 Å². The summed E-state index contributed by atoms with van der Waals surface area (Å²) in [5.41, 5.74) is 0.764. The highest BCUT2D eigenvalue weighted by atomic mass is 15.2. The van der Waals surface area contributed by atoms with E-state index in [0.717, 1.165) is 11.5 Å². The van der Waals surface area contributed by atoms with E-state index in [0.29, 0.717) is 0 Å². The number of likely N-dealkylation sites (tertiary alicyclic amines) is 1. The van der Waals surface area contributed by atoms with Gasteiger partial charge in [0.15, 0.2) is 0 Å². The van der Waals surface area contributed by atoms with Crippen molar-refractivity contribution < 1.29 is 0 Å². The molecule has 3 fully saturated rings. The van der Waals surface area contributed by atoms with Gasteiger partial charge in [-0.2, -0.15) is 0 Å². The van der Waals surface area contributed by atoms with Crippen molar-refractivity contribution in [1.82, 2.24) is 10.2 Å². The quantitative estimate of drug-likeness (QED) is 0.738. The topological polar surface area (TPSA) is 15.3 Å². The minimum atomic E-state index is 0.764. The minimum Gasteiger partial charge on any atom is -0.314 e. The molecule has 98 valence electrons. The highest BCUT2D eigenvalue weighted by molar-refractivity contribution is 4.95. The summed E-state index contributed by atoms with van der Waals surface area (Å²) in [6.07, 6.45) is 13.2.